The Kier molecular flexibility index (Phi) is 6.24. The molecule has 0 aliphatic rings. The number of alkyl halides is 3. The number of anilines is 2. The number of amides is 2. The highest BCUT2D eigenvalue weighted by atomic mass is 35.5. The first-order valence-corrected chi connectivity index (χ1v) is 8.63. The highest BCUT2D eigenvalue weighted by Gasteiger charge is 2.30. The third kappa shape index (κ3) is 5.57. The van der Waals surface area contributed by atoms with Crippen LogP contribution in [0.1, 0.15) is 19.4 Å². The summed E-state index contributed by atoms with van der Waals surface area (Å²) in [6.07, 6.45) is -4.47. The first-order valence-electron chi connectivity index (χ1n) is 7.37. The summed E-state index contributed by atoms with van der Waals surface area (Å²) in [6, 6.07) is 8.87. The van der Waals surface area contributed by atoms with Crippen molar-refractivity contribution in [3.63, 3.8) is 0 Å². The molecule has 0 radical (unpaired) electrons. The first kappa shape index (κ1) is 19.5. The lowest BCUT2D eigenvalue weighted by atomic mass is 10.2. The van der Waals surface area contributed by atoms with Gasteiger partial charge in [-0.05, 0) is 30.3 Å². The molecule has 2 aromatic carbocycles. The number of rotatable bonds is 4. The van der Waals surface area contributed by atoms with Crippen LogP contribution in [0.25, 0.3) is 0 Å². The van der Waals surface area contributed by atoms with Crippen LogP contribution in [0.2, 0.25) is 5.02 Å². The second-order valence-corrected chi connectivity index (χ2v) is 7.43. The Morgan fingerprint density at radius 1 is 1.12 bits per heavy atom. The molecule has 0 aliphatic heterocycles. The SMILES string of the molecule is CC(C)Sc1c(Cl)cccc1NC(=O)Nc1cccc(C(F)(F)F)c1. The van der Waals surface area contributed by atoms with Crippen LogP contribution in [0.3, 0.4) is 0 Å². The molecule has 2 N–H and O–H groups in total. The largest absolute Gasteiger partial charge is 0.416 e. The molecule has 0 spiro atoms. The molecule has 2 amide bonds. The lowest BCUT2D eigenvalue weighted by molar-refractivity contribution is -0.137. The summed E-state index contributed by atoms with van der Waals surface area (Å²) >= 11 is 7.65. The third-order valence-corrected chi connectivity index (χ3v) is 4.59. The van der Waals surface area contributed by atoms with E-state index < -0.39 is 17.8 Å². The fourth-order valence-corrected chi connectivity index (χ4v) is 3.23. The first-order chi connectivity index (χ1) is 11.7. The number of benzene rings is 2. The Labute approximate surface area is 152 Å². The van der Waals surface area contributed by atoms with Crippen molar-refractivity contribution in [2.24, 2.45) is 0 Å². The van der Waals surface area contributed by atoms with Crippen LogP contribution in [-0.2, 0) is 6.18 Å². The van der Waals surface area contributed by atoms with Crippen molar-refractivity contribution in [2.45, 2.75) is 30.2 Å². The van der Waals surface area contributed by atoms with E-state index in [9.17, 15) is 18.0 Å². The van der Waals surface area contributed by atoms with Crippen LogP contribution in [0, 0.1) is 0 Å². The molecule has 8 heteroatoms. The number of carbonyl (C=O) groups excluding carboxylic acids is 1. The van der Waals surface area contributed by atoms with E-state index in [2.05, 4.69) is 10.6 Å². The van der Waals surface area contributed by atoms with Crippen molar-refractivity contribution in [1.29, 1.82) is 0 Å². The fourth-order valence-electron chi connectivity index (χ4n) is 2.02. The molecular formula is C17H16ClF3N2OS. The summed E-state index contributed by atoms with van der Waals surface area (Å²) < 4.78 is 38.2. The molecule has 0 saturated carbocycles. The molecule has 3 nitrogen and oxygen atoms in total. The summed E-state index contributed by atoms with van der Waals surface area (Å²) in [5.74, 6) is 0. The number of urea groups is 1. The van der Waals surface area contributed by atoms with Crippen LogP contribution in [0.15, 0.2) is 47.4 Å². The van der Waals surface area contributed by atoms with Gasteiger partial charge in [-0.25, -0.2) is 4.79 Å². The van der Waals surface area contributed by atoms with Crippen molar-refractivity contribution in [2.75, 3.05) is 10.6 Å². The predicted octanol–water partition coefficient (Wildman–Crippen LogP) is 6.50. The van der Waals surface area contributed by atoms with Crippen molar-refractivity contribution >= 4 is 40.8 Å². The molecule has 0 unspecified atom stereocenters. The quantitative estimate of drug-likeness (QED) is 0.586. The van der Waals surface area contributed by atoms with E-state index in [4.69, 9.17) is 11.6 Å². The summed E-state index contributed by atoms with van der Waals surface area (Å²) in [6.45, 7) is 3.97. The smallest absolute Gasteiger partial charge is 0.308 e. The topological polar surface area (TPSA) is 41.1 Å². The third-order valence-electron chi connectivity index (χ3n) is 3.02. The van der Waals surface area contributed by atoms with Gasteiger partial charge in [-0.15, -0.1) is 11.8 Å². The highest BCUT2D eigenvalue weighted by Crippen LogP contribution is 2.36. The maximum absolute atomic E-state index is 12.7. The molecule has 0 aliphatic carbocycles. The minimum atomic E-state index is -4.47. The number of halogens is 4. The average molecular weight is 389 g/mol. The standard InChI is InChI=1S/C17H16ClF3N2OS/c1-10(2)25-15-13(18)7-4-8-14(15)23-16(24)22-12-6-3-5-11(9-12)17(19,20)21/h3-10H,1-2H3,(H2,22,23,24). The summed E-state index contributed by atoms with van der Waals surface area (Å²) in [5.41, 5.74) is -0.285. The Bertz CT molecular complexity index is 766. The van der Waals surface area contributed by atoms with Crippen LogP contribution in [0.4, 0.5) is 29.3 Å². The molecule has 0 bridgehead atoms. The Balaban J connectivity index is 2.15. The minimum absolute atomic E-state index is 0.0485. The maximum atomic E-state index is 12.7. The monoisotopic (exact) mass is 388 g/mol. The van der Waals surface area contributed by atoms with E-state index in [1.165, 1.54) is 23.9 Å². The summed E-state index contributed by atoms with van der Waals surface area (Å²) in [7, 11) is 0. The van der Waals surface area contributed by atoms with Gasteiger partial charge in [-0.1, -0.05) is 37.6 Å². The van der Waals surface area contributed by atoms with Gasteiger partial charge in [-0.3, -0.25) is 0 Å². The Hall–Kier alpha value is -1.86. The van der Waals surface area contributed by atoms with Crippen molar-refractivity contribution in [3.8, 4) is 0 Å². The number of hydrogen-bond acceptors (Lipinski definition) is 2. The van der Waals surface area contributed by atoms with E-state index in [1.54, 1.807) is 18.2 Å². The minimum Gasteiger partial charge on any atom is -0.308 e. The van der Waals surface area contributed by atoms with E-state index in [-0.39, 0.29) is 10.9 Å². The van der Waals surface area contributed by atoms with Crippen LogP contribution in [-0.4, -0.2) is 11.3 Å². The van der Waals surface area contributed by atoms with Gasteiger partial charge in [-0.2, -0.15) is 13.2 Å². The van der Waals surface area contributed by atoms with E-state index in [1.807, 2.05) is 13.8 Å². The van der Waals surface area contributed by atoms with Gasteiger partial charge < -0.3 is 10.6 Å². The highest BCUT2D eigenvalue weighted by molar-refractivity contribution is 8.00. The number of thioether (sulfide) groups is 1. The second kappa shape index (κ2) is 8.01. The predicted molar refractivity (Wildman–Crippen MR) is 96.5 cm³/mol. The molecule has 0 aromatic heterocycles. The Morgan fingerprint density at radius 2 is 1.80 bits per heavy atom. The van der Waals surface area contributed by atoms with E-state index in [0.717, 1.165) is 12.1 Å². The van der Waals surface area contributed by atoms with Gasteiger partial charge in [0.2, 0.25) is 0 Å². The zero-order valence-corrected chi connectivity index (χ0v) is 15.0. The Morgan fingerprint density at radius 3 is 2.44 bits per heavy atom. The molecule has 0 fully saturated rings. The zero-order valence-electron chi connectivity index (χ0n) is 13.4. The molecule has 2 aromatic rings. The van der Waals surface area contributed by atoms with E-state index in [0.29, 0.717) is 15.6 Å². The normalized spacial score (nSPS) is 11.5. The van der Waals surface area contributed by atoms with Crippen molar-refractivity contribution in [1.82, 2.24) is 0 Å². The van der Waals surface area contributed by atoms with E-state index >= 15 is 0 Å². The molecular weight excluding hydrogens is 373 g/mol. The molecule has 0 heterocycles. The van der Waals surface area contributed by atoms with Crippen LogP contribution < -0.4 is 10.6 Å². The van der Waals surface area contributed by atoms with Crippen LogP contribution in [0.5, 0.6) is 0 Å². The van der Waals surface area contributed by atoms with Crippen molar-refractivity contribution < 1.29 is 18.0 Å². The number of hydrogen-bond donors (Lipinski definition) is 2. The average Bonchev–Trinajstić information content (AvgIpc) is 2.50. The van der Waals surface area contributed by atoms with Gasteiger partial charge >= 0.3 is 12.2 Å². The summed E-state index contributed by atoms with van der Waals surface area (Å²) in [5, 5.41) is 5.77. The molecule has 0 saturated heterocycles. The van der Waals surface area contributed by atoms with Gasteiger partial charge in [0.15, 0.2) is 0 Å². The molecule has 0 atom stereocenters. The second-order valence-electron chi connectivity index (χ2n) is 5.44. The van der Waals surface area contributed by atoms with Gasteiger partial charge in [0.05, 0.1) is 16.3 Å². The van der Waals surface area contributed by atoms with Gasteiger partial charge in [0.25, 0.3) is 0 Å². The van der Waals surface area contributed by atoms with Gasteiger partial charge in [0.1, 0.15) is 0 Å². The van der Waals surface area contributed by atoms with Crippen LogP contribution >= 0.6 is 23.4 Å². The lowest BCUT2D eigenvalue weighted by Crippen LogP contribution is -2.20. The molecule has 134 valence electrons. The number of nitrogens with one attached hydrogen (secondary N) is 2. The lowest BCUT2D eigenvalue weighted by Gasteiger charge is -2.15. The number of carbonyl (C=O) groups is 1. The molecule has 25 heavy (non-hydrogen) atoms. The molecule has 2 rings (SSSR count). The maximum Gasteiger partial charge on any atom is 0.416 e. The van der Waals surface area contributed by atoms with Crippen molar-refractivity contribution in [3.05, 3.63) is 53.1 Å². The fraction of sp³-hybridized carbons (Fsp3) is 0.235. The van der Waals surface area contributed by atoms with Gasteiger partial charge in [0, 0.05) is 15.8 Å². The zero-order chi connectivity index (χ0) is 18.6. The summed E-state index contributed by atoms with van der Waals surface area (Å²) in [4.78, 5) is 12.8.